The molecule has 1 aromatic carbocycles. The number of halogens is 3. The molecule has 114 valence electrons. The molecule has 0 saturated heterocycles. The van der Waals surface area contributed by atoms with Crippen molar-refractivity contribution in [2.24, 2.45) is 0 Å². The summed E-state index contributed by atoms with van der Waals surface area (Å²) in [5.74, 6) is 0. The van der Waals surface area contributed by atoms with Crippen LogP contribution < -0.4 is 4.72 Å². The molecule has 0 amide bonds. The monoisotopic (exact) mass is 385 g/mol. The number of aliphatic hydroxyl groups is 1. The number of sulfonamides is 1. The van der Waals surface area contributed by atoms with Crippen molar-refractivity contribution in [1.82, 2.24) is 0 Å². The number of nitrogens with one attached hydrogen (secondary N) is 1. The first kappa shape index (κ1) is 16.9. The Labute approximate surface area is 141 Å². The molecule has 0 aliphatic heterocycles. The molecule has 0 fully saturated rings. The molecule has 2 N–H and O–H groups in total. The van der Waals surface area contributed by atoms with Crippen LogP contribution in [0.2, 0.25) is 15.1 Å². The summed E-state index contributed by atoms with van der Waals surface area (Å²) in [6.45, 7) is 1.44. The number of thiophene rings is 1. The van der Waals surface area contributed by atoms with Gasteiger partial charge in [-0.1, -0.05) is 34.8 Å². The van der Waals surface area contributed by atoms with Crippen LogP contribution in [-0.4, -0.2) is 13.5 Å². The topological polar surface area (TPSA) is 66.4 Å². The summed E-state index contributed by atoms with van der Waals surface area (Å²) in [7, 11) is -3.85. The summed E-state index contributed by atoms with van der Waals surface area (Å²) in [4.78, 5) is 1.20. The van der Waals surface area contributed by atoms with E-state index in [1.54, 1.807) is 6.92 Å². The molecule has 21 heavy (non-hydrogen) atoms. The van der Waals surface area contributed by atoms with Crippen molar-refractivity contribution < 1.29 is 13.5 Å². The molecule has 0 spiro atoms. The highest BCUT2D eigenvalue weighted by atomic mass is 35.5. The third kappa shape index (κ3) is 3.64. The van der Waals surface area contributed by atoms with E-state index < -0.39 is 10.0 Å². The lowest BCUT2D eigenvalue weighted by Crippen LogP contribution is -2.13. The minimum atomic E-state index is -3.85. The smallest absolute Gasteiger partial charge is 0.263 e. The first-order valence-electron chi connectivity index (χ1n) is 5.62. The molecule has 0 bridgehead atoms. The van der Waals surface area contributed by atoms with Crippen molar-refractivity contribution in [2.45, 2.75) is 18.4 Å². The van der Waals surface area contributed by atoms with E-state index in [-0.39, 0.29) is 27.2 Å². The quantitative estimate of drug-likeness (QED) is 0.823. The zero-order valence-electron chi connectivity index (χ0n) is 10.7. The maximum atomic E-state index is 12.4. The van der Waals surface area contributed by atoms with E-state index in [9.17, 15) is 8.42 Å². The maximum Gasteiger partial charge on any atom is 0.263 e. The summed E-state index contributed by atoms with van der Waals surface area (Å²) in [5.41, 5.74) is 0.0684. The summed E-state index contributed by atoms with van der Waals surface area (Å²) in [5, 5.41) is 9.60. The van der Waals surface area contributed by atoms with Gasteiger partial charge in [0, 0.05) is 14.8 Å². The van der Waals surface area contributed by atoms with Gasteiger partial charge in [-0.3, -0.25) is 4.72 Å². The zero-order chi connectivity index (χ0) is 15.8. The van der Waals surface area contributed by atoms with E-state index in [2.05, 4.69) is 4.72 Å². The van der Waals surface area contributed by atoms with Gasteiger partial charge in [0.2, 0.25) is 0 Å². The Morgan fingerprint density at radius 1 is 1.19 bits per heavy atom. The number of hydrogen-bond acceptors (Lipinski definition) is 4. The predicted octanol–water partition coefficient (Wildman–Crippen LogP) is 4.31. The summed E-state index contributed by atoms with van der Waals surface area (Å²) < 4.78 is 27.2. The van der Waals surface area contributed by atoms with Gasteiger partial charge in [0.15, 0.2) is 0 Å². The average molecular weight is 387 g/mol. The van der Waals surface area contributed by atoms with Crippen LogP contribution in [0.5, 0.6) is 0 Å². The van der Waals surface area contributed by atoms with Crippen molar-refractivity contribution >= 4 is 61.9 Å². The van der Waals surface area contributed by atoms with Crippen LogP contribution >= 0.6 is 46.1 Å². The highest BCUT2D eigenvalue weighted by molar-refractivity contribution is 7.93. The Morgan fingerprint density at radius 3 is 2.24 bits per heavy atom. The number of rotatable bonds is 4. The van der Waals surface area contributed by atoms with E-state index in [4.69, 9.17) is 39.9 Å². The Kier molecular flexibility index (Phi) is 5.07. The molecule has 1 heterocycles. The molecule has 1 aromatic heterocycles. The second kappa shape index (κ2) is 6.32. The summed E-state index contributed by atoms with van der Waals surface area (Å²) in [6.07, 6.45) is 0. The number of anilines is 1. The SMILES string of the molecule is Cc1sc(CO)cc1S(=O)(=O)Nc1c(Cl)cc(Cl)cc1Cl. The van der Waals surface area contributed by atoms with E-state index in [0.29, 0.717) is 14.8 Å². The molecule has 0 aliphatic carbocycles. The third-order valence-corrected chi connectivity index (χ3v) is 6.07. The van der Waals surface area contributed by atoms with Gasteiger partial charge in [0.25, 0.3) is 10.0 Å². The zero-order valence-corrected chi connectivity index (χ0v) is 14.6. The molecule has 0 radical (unpaired) electrons. The van der Waals surface area contributed by atoms with Gasteiger partial charge >= 0.3 is 0 Å². The van der Waals surface area contributed by atoms with Gasteiger partial charge in [-0.15, -0.1) is 11.3 Å². The molecule has 2 rings (SSSR count). The van der Waals surface area contributed by atoms with E-state index >= 15 is 0 Å². The van der Waals surface area contributed by atoms with Crippen LogP contribution in [0.1, 0.15) is 9.75 Å². The fourth-order valence-electron chi connectivity index (χ4n) is 1.70. The lowest BCUT2D eigenvalue weighted by molar-refractivity contribution is 0.285. The summed E-state index contributed by atoms with van der Waals surface area (Å²) in [6, 6.07) is 4.21. The van der Waals surface area contributed by atoms with Crippen molar-refractivity contribution in [2.75, 3.05) is 4.72 Å². The standard InChI is InChI=1S/C12H10Cl3NO3S2/c1-6-11(4-8(5-17)20-6)21(18,19)16-12-9(14)2-7(13)3-10(12)15/h2-4,16-17H,5H2,1H3. The van der Waals surface area contributed by atoms with Crippen molar-refractivity contribution in [3.63, 3.8) is 0 Å². The normalized spacial score (nSPS) is 11.7. The molecule has 4 nitrogen and oxygen atoms in total. The second-order valence-corrected chi connectivity index (χ2v) is 8.38. The van der Waals surface area contributed by atoms with Crippen LogP contribution in [0, 0.1) is 6.92 Å². The molecule has 0 aliphatic rings. The van der Waals surface area contributed by atoms with E-state index in [1.807, 2.05) is 0 Å². The number of aryl methyl sites for hydroxylation is 1. The first-order valence-corrected chi connectivity index (χ1v) is 9.05. The van der Waals surface area contributed by atoms with Crippen LogP contribution in [-0.2, 0) is 16.6 Å². The largest absolute Gasteiger partial charge is 0.391 e. The molecular weight excluding hydrogens is 377 g/mol. The first-order chi connectivity index (χ1) is 9.74. The molecule has 0 atom stereocenters. The van der Waals surface area contributed by atoms with Gasteiger partial charge in [-0.05, 0) is 25.1 Å². The van der Waals surface area contributed by atoms with E-state index in [1.165, 1.54) is 29.5 Å². The van der Waals surface area contributed by atoms with Crippen LogP contribution in [0.4, 0.5) is 5.69 Å². The van der Waals surface area contributed by atoms with Gasteiger partial charge in [-0.25, -0.2) is 8.42 Å². The van der Waals surface area contributed by atoms with Crippen molar-refractivity contribution in [1.29, 1.82) is 0 Å². The van der Waals surface area contributed by atoms with Crippen LogP contribution in [0.15, 0.2) is 23.1 Å². The Hall–Kier alpha value is -0.500. The predicted molar refractivity (Wildman–Crippen MR) is 87.3 cm³/mol. The van der Waals surface area contributed by atoms with Gasteiger partial charge in [0.1, 0.15) is 4.90 Å². The Balaban J connectivity index is 2.44. The fraction of sp³-hybridized carbons (Fsp3) is 0.167. The van der Waals surface area contributed by atoms with Gasteiger partial charge < -0.3 is 5.11 Å². The third-order valence-electron chi connectivity index (χ3n) is 2.61. The average Bonchev–Trinajstić information content (AvgIpc) is 2.76. The van der Waals surface area contributed by atoms with Crippen LogP contribution in [0.25, 0.3) is 0 Å². The highest BCUT2D eigenvalue weighted by Crippen LogP contribution is 2.36. The fourth-order valence-corrected chi connectivity index (χ4v) is 5.32. The van der Waals surface area contributed by atoms with Crippen molar-refractivity contribution in [3.05, 3.63) is 43.0 Å². The number of aliphatic hydroxyl groups excluding tert-OH is 1. The number of hydrogen-bond donors (Lipinski definition) is 2. The van der Waals surface area contributed by atoms with Crippen LogP contribution in [0.3, 0.4) is 0 Å². The molecule has 0 unspecified atom stereocenters. The Morgan fingerprint density at radius 2 is 1.76 bits per heavy atom. The van der Waals surface area contributed by atoms with Crippen molar-refractivity contribution in [3.8, 4) is 0 Å². The van der Waals surface area contributed by atoms with E-state index in [0.717, 1.165) is 0 Å². The highest BCUT2D eigenvalue weighted by Gasteiger charge is 2.22. The lowest BCUT2D eigenvalue weighted by atomic mass is 10.3. The number of benzene rings is 1. The van der Waals surface area contributed by atoms with Gasteiger partial charge in [-0.2, -0.15) is 0 Å². The summed E-state index contributed by atoms with van der Waals surface area (Å²) >= 11 is 18.9. The molecular formula is C12H10Cl3NO3S2. The lowest BCUT2D eigenvalue weighted by Gasteiger charge is -2.11. The second-order valence-electron chi connectivity index (χ2n) is 4.14. The maximum absolute atomic E-state index is 12.4. The molecule has 2 aromatic rings. The molecule has 9 heteroatoms. The molecule has 0 saturated carbocycles. The minimum absolute atomic E-state index is 0.0684. The van der Waals surface area contributed by atoms with Gasteiger partial charge in [0.05, 0.1) is 22.3 Å². The Bertz CT molecular complexity index is 764. The minimum Gasteiger partial charge on any atom is -0.391 e.